The molecule has 0 saturated carbocycles. The van der Waals surface area contributed by atoms with Gasteiger partial charge in [-0.1, -0.05) is 60.7 Å². The molecule has 0 amide bonds. The Labute approximate surface area is 197 Å². The maximum atomic E-state index is 5.07. The van der Waals surface area contributed by atoms with Crippen LogP contribution in [0.5, 0.6) is 0 Å². The first kappa shape index (κ1) is 19.9. The lowest BCUT2D eigenvalue weighted by atomic mass is 9.99. The number of hydrogen-bond acceptors (Lipinski definition) is 2. The van der Waals surface area contributed by atoms with E-state index in [1.165, 1.54) is 0 Å². The number of halogens is 2. The molecule has 5 rings (SSSR count). The van der Waals surface area contributed by atoms with Crippen LogP contribution in [0.15, 0.2) is 123 Å². The van der Waals surface area contributed by atoms with Gasteiger partial charge in [0.05, 0.1) is 21.7 Å². The molecule has 150 valence electrons. The van der Waals surface area contributed by atoms with E-state index in [-0.39, 0.29) is 0 Å². The maximum absolute atomic E-state index is 5.07. The number of aromatic nitrogens is 1. The van der Waals surface area contributed by atoms with Gasteiger partial charge in [0.2, 0.25) is 0 Å². The normalized spacial score (nSPS) is 18.3. The Morgan fingerprint density at radius 2 is 1.23 bits per heavy atom. The topological polar surface area (TPSA) is 40.5 Å². The van der Waals surface area contributed by atoms with Gasteiger partial charge in [-0.05, 0) is 79.4 Å². The third kappa shape index (κ3) is 4.11. The molecule has 3 aromatic rings. The molecule has 2 aromatic carbocycles. The van der Waals surface area contributed by atoms with Gasteiger partial charge in [0, 0.05) is 16.8 Å². The smallest absolute Gasteiger partial charge is 0.106 e. The average Bonchev–Trinajstić information content (AvgIpc) is 3.53. The van der Waals surface area contributed by atoms with E-state index in [2.05, 4.69) is 84.3 Å². The van der Waals surface area contributed by atoms with Crippen molar-refractivity contribution in [2.45, 2.75) is 0 Å². The molecular formula is C26H17Br2N3. The van der Waals surface area contributed by atoms with Crippen LogP contribution in [0.1, 0.15) is 16.8 Å². The molecule has 5 heteroatoms. The van der Waals surface area contributed by atoms with Crippen LogP contribution in [0, 0.1) is 0 Å². The van der Waals surface area contributed by atoms with Gasteiger partial charge >= 0.3 is 0 Å². The molecule has 0 fully saturated rings. The highest BCUT2D eigenvalue weighted by molar-refractivity contribution is 9.18. The van der Waals surface area contributed by atoms with Crippen molar-refractivity contribution in [2.75, 3.05) is 0 Å². The van der Waals surface area contributed by atoms with E-state index in [1.54, 1.807) is 0 Å². The van der Waals surface area contributed by atoms with Crippen molar-refractivity contribution in [1.29, 1.82) is 0 Å². The first-order valence-corrected chi connectivity index (χ1v) is 11.4. The molecule has 0 atom stereocenters. The van der Waals surface area contributed by atoms with E-state index in [4.69, 9.17) is 4.99 Å². The molecule has 0 bridgehead atoms. The van der Waals surface area contributed by atoms with Crippen molar-refractivity contribution in [3.05, 3.63) is 130 Å². The van der Waals surface area contributed by atoms with Crippen LogP contribution >= 0.6 is 31.9 Å². The number of hydrogen-bond donors (Lipinski definition) is 1. The van der Waals surface area contributed by atoms with Crippen molar-refractivity contribution < 1.29 is 0 Å². The number of nitrogens with zero attached hydrogens (tertiary/aromatic N) is 2. The van der Waals surface area contributed by atoms with Crippen molar-refractivity contribution in [2.24, 2.45) is 9.98 Å². The summed E-state index contributed by atoms with van der Waals surface area (Å²) in [4.78, 5) is 13.1. The fraction of sp³-hybridized carbons (Fsp3) is 0. The molecule has 0 spiro atoms. The van der Waals surface area contributed by atoms with Crippen molar-refractivity contribution in [3.8, 4) is 0 Å². The molecule has 2 aliphatic heterocycles. The molecule has 1 N–H and O–H groups in total. The number of allylic oxidation sites excluding steroid dienone is 5. The molecule has 1 aromatic heterocycles. The summed E-state index contributed by atoms with van der Waals surface area (Å²) in [5.74, 6) is 0. The van der Waals surface area contributed by atoms with Gasteiger partial charge in [0.1, 0.15) is 4.62 Å². The van der Waals surface area contributed by atoms with Crippen LogP contribution in [-0.4, -0.2) is 15.3 Å². The van der Waals surface area contributed by atoms with E-state index in [0.29, 0.717) is 0 Å². The van der Waals surface area contributed by atoms with Gasteiger partial charge in [0.15, 0.2) is 0 Å². The van der Waals surface area contributed by atoms with Crippen LogP contribution in [-0.2, 0) is 0 Å². The number of aliphatic imine (C=N–C) groups is 2. The number of aromatic amines is 1. The molecular weight excluding hydrogens is 514 g/mol. The highest BCUT2D eigenvalue weighted by Gasteiger charge is 2.21. The molecule has 2 aliphatic rings. The van der Waals surface area contributed by atoms with Gasteiger partial charge in [-0.3, -0.25) is 0 Å². The Morgan fingerprint density at radius 3 is 1.81 bits per heavy atom. The summed E-state index contributed by atoms with van der Waals surface area (Å²) in [6.45, 7) is 0. The summed E-state index contributed by atoms with van der Waals surface area (Å²) in [7, 11) is 0. The van der Waals surface area contributed by atoms with E-state index in [1.807, 2.05) is 54.6 Å². The maximum Gasteiger partial charge on any atom is 0.106 e. The van der Waals surface area contributed by atoms with Crippen LogP contribution < -0.4 is 0 Å². The first-order chi connectivity index (χ1) is 15.2. The van der Waals surface area contributed by atoms with Crippen LogP contribution in [0.3, 0.4) is 0 Å². The second-order valence-corrected chi connectivity index (χ2v) is 8.74. The zero-order valence-corrected chi connectivity index (χ0v) is 19.6. The fourth-order valence-corrected chi connectivity index (χ4v) is 4.38. The molecule has 0 saturated heterocycles. The van der Waals surface area contributed by atoms with Gasteiger partial charge in [-0.15, -0.1) is 0 Å². The molecule has 0 radical (unpaired) electrons. The summed E-state index contributed by atoms with van der Waals surface area (Å²) >= 11 is 7.01. The second-order valence-electron chi connectivity index (χ2n) is 7.07. The van der Waals surface area contributed by atoms with Gasteiger partial charge in [0.25, 0.3) is 0 Å². The predicted octanol–water partition coefficient (Wildman–Crippen LogP) is 7.32. The lowest BCUT2D eigenvalue weighted by Crippen LogP contribution is -2.00. The Kier molecular flexibility index (Phi) is 5.53. The van der Waals surface area contributed by atoms with Crippen LogP contribution in [0.2, 0.25) is 0 Å². The van der Waals surface area contributed by atoms with Crippen molar-refractivity contribution in [3.63, 3.8) is 0 Å². The standard InChI is InChI=1S/C26H17Br2N3/c27-23-15-13-21(30-23)25(17-7-3-1-4-8-17)19-11-12-20(29-19)26(18-9-5-2-6-10-18)22-14-16-24(28)31-22/h1-16,30H/b25-19-,26-22-. The summed E-state index contributed by atoms with van der Waals surface area (Å²) in [6, 6.07) is 24.7. The summed E-state index contributed by atoms with van der Waals surface area (Å²) in [5.41, 5.74) is 7.98. The SMILES string of the molecule is BrC1=N/C(=C(C2=N/C(=C(/c3ccccc3)c3ccc(Br)[nH]3)C=C2)/c2ccccc2)C=C1. The van der Waals surface area contributed by atoms with Gasteiger partial charge < -0.3 is 4.98 Å². The van der Waals surface area contributed by atoms with E-state index >= 15 is 0 Å². The second kappa shape index (κ2) is 8.61. The predicted molar refractivity (Wildman–Crippen MR) is 136 cm³/mol. The van der Waals surface area contributed by atoms with E-state index < -0.39 is 0 Å². The minimum atomic E-state index is 0.815. The van der Waals surface area contributed by atoms with E-state index in [9.17, 15) is 0 Å². The number of benzene rings is 2. The third-order valence-corrected chi connectivity index (χ3v) is 5.96. The van der Waals surface area contributed by atoms with Crippen molar-refractivity contribution >= 4 is 53.3 Å². The molecule has 3 heterocycles. The van der Waals surface area contributed by atoms with Gasteiger partial charge in [-0.2, -0.15) is 0 Å². The number of H-pyrrole nitrogens is 1. The molecule has 0 unspecified atom stereocenters. The largest absolute Gasteiger partial charge is 0.349 e. The lowest BCUT2D eigenvalue weighted by Gasteiger charge is -2.10. The molecule has 0 aliphatic carbocycles. The van der Waals surface area contributed by atoms with Crippen LogP contribution in [0.4, 0.5) is 0 Å². The van der Waals surface area contributed by atoms with E-state index in [0.717, 1.165) is 54.3 Å². The highest BCUT2D eigenvalue weighted by atomic mass is 79.9. The zero-order valence-electron chi connectivity index (χ0n) is 16.4. The van der Waals surface area contributed by atoms with Gasteiger partial charge in [-0.25, -0.2) is 9.98 Å². The summed E-state index contributed by atoms with van der Waals surface area (Å²) in [5, 5.41) is 0. The summed E-state index contributed by atoms with van der Waals surface area (Å²) < 4.78 is 1.75. The zero-order chi connectivity index (χ0) is 21.2. The fourth-order valence-electron chi connectivity index (χ4n) is 3.71. The Hall–Kier alpha value is -3.02. The number of nitrogens with one attached hydrogen (secondary N) is 1. The first-order valence-electron chi connectivity index (χ1n) is 9.83. The monoisotopic (exact) mass is 529 g/mol. The molecule has 3 nitrogen and oxygen atoms in total. The minimum absolute atomic E-state index is 0.815. The lowest BCUT2D eigenvalue weighted by molar-refractivity contribution is 1.29. The quantitative estimate of drug-likeness (QED) is 0.367. The Balaban J connectivity index is 1.70. The summed E-state index contributed by atoms with van der Waals surface area (Å²) in [6.07, 6.45) is 8.12. The molecule has 31 heavy (non-hydrogen) atoms. The third-order valence-electron chi connectivity index (χ3n) is 5.06. The van der Waals surface area contributed by atoms with Crippen molar-refractivity contribution in [1.82, 2.24) is 4.98 Å². The van der Waals surface area contributed by atoms with Crippen LogP contribution in [0.25, 0.3) is 11.1 Å². The Morgan fingerprint density at radius 1 is 0.613 bits per heavy atom. The minimum Gasteiger partial charge on any atom is -0.349 e. The number of rotatable bonds is 4. The highest BCUT2D eigenvalue weighted by Crippen LogP contribution is 2.34. The Bertz CT molecular complexity index is 1320. The average molecular weight is 531 g/mol.